The Morgan fingerprint density at radius 2 is 2.00 bits per heavy atom. The number of rotatable bonds is 4. The lowest BCUT2D eigenvalue weighted by atomic mass is 10.0. The van der Waals surface area contributed by atoms with Crippen LogP contribution in [0.3, 0.4) is 0 Å². The molecule has 0 aliphatic carbocycles. The molecular formula is C21H21F3N8S. The van der Waals surface area contributed by atoms with Crippen molar-refractivity contribution >= 4 is 28.5 Å². The number of piperidine rings is 1. The normalized spacial score (nSPS) is 19.2. The monoisotopic (exact) mass is 474 g/mol. The van der Waals surface area contributed by atoms with Crippen LogP contribution in [0.15, 0.2) is 24.5 Å². The Morgan fingerprint density at radius 3 is 2.70 bits per heavy atom. The van der Waals surface area contributed by atoms with Gasteiger partial charge in [0.2, 0.25) is 5.95 Å². The van der Waals surface area contributed by atoms with Crippen molar-refractivity contribution in [1.82, 2.24) is 34.6 Å². The van der Waals surface area contributed by atoms with Crippen LogP contribution < -0.4 is 10.6 Å². The number of anilines is 1. The average Bonchev–Trinajstić information content (AvgIpc) is 3.40. The Labute approximate surface area is 191 Å². The lowest BCUT2D eigenvalue weighted by Gasteiger charge is -2.28. The quantitative estimate of drug-likeness (QED) is 0.402. The van der Waals surface area contributed by atoms with E-state index in [9.17, 15) is 13.2 Å². The van der Waals surface area contributed by atoms with E-state index in [4.69, 9.17) is 0 Å². The summed E-state index contributed by atoms with van der Waals surface area (Å²) >= 11 is 1.22. The van der Waals surface area contributed by atoms with Crippen LogP contribution in [0.25, 0.3) is 33.0 Å². The molecule has 172 valence electrons. The van der Waals surface area contributed by atoms with Crippen LogP contribution in [-0.4, -0.2) is 47.9 Å². The second kappa shape index (κ2) is 8.34. The van der Waals surface area contributed by atoms with Crippen LogP contribution in [0.2, 0.25) is 0 Å². The van der Waals surface area contributed by atoms with E-state index in [0.29, 0.717) is 45.7 Å². The third-order valence-corrected chi connectivity index (χ3v) is 6.46. The summed E-state index contributed by atoms with van der Waals surface area (Å²) in [6.07, 6.45) is -0.405. The maximum atomic E-state index is 13.8. The molecule has 0 saturated carbocycles. The summed E-state index contributed by atoms with van der Waals surface area (Å²) < 4.78 is 45.6. The van der Waals surface area contributed by atoms with E-state index < -0.39 is 11.7 Å². The van der Waals surface area contributed by atoms with Crippen LogP contribution in [-0.2, 0) is 6.18 Å². The van der Waals surface area contributed by atoms with Crippen LogP contribution in [0.4, 0.5) is 19.1 Å². The summed E-state index contributed by atoms with van der Waals surface area (Å²) in [5.74, 6) is 0.810. The zero-order valence-electron chi connectivity index (χ0n) is 17.9. The van der Waals surface area contributed by atoms with E-state index in [1.807, 2.05) is 0 Å². The Morgan fingerprint density at radius 1 is 1.15 bits per heavy atom. The summed E-state index contributed by atoms with van der Waals surface area (Å²) in [4.78, 5) is 20.1. The van der Waals surface area contributed by atoms with Gasteiger partial charge in [-0.2, -0.15) is 17.5 Å². The molecule has 0 radical (unpaired) electrons. The molecule has 12 heteroatoms. The van der Waals surface area contributed by atoms with Gasteiger partial charge in [-0.15, -0.1) is 0 Å². The average molecular weight is 475 g/mol. The van der Waals surface area contributed by atoms with Crippen molar-refractivity contribution in [3.63, 3.8) is 0 Å². The van der Waals surface area contributed by atoms with Crippen molar-refractivity contribution in [1.29, 1.82) is 0 Å². The summed E-state index contributed by atoms with van der Waals surface area (Å²) in [5, 5.41) is 7.70. The van der Waals surface area contributed by atoms with Gasteiger partial charge < -0.3 is 15.6 Å². The Balaban J connectivity index is 1.53. The number of alkyl halides is 3. The molecule has 0 spiro atoms. The number of pyridine rings is 1. The minimum absolute atomic E-state index is 0.0494. The number of fused-ring (bicyclic) bond motifs is 1. The second-order valence-electron chi connectivity index (χ2n) is 8.12. The van der Waals surface area contributed by atoms with Gasteiger partial charge in [-0.05, 0) is 50.4 Å². The van der Waals surface area contributed by atoms with E-state index in [1.54, 1.807) is 19.1 Å². The van der Waals surface area contributed by atoms with Gasteiger partial charge in [0.1, 0.15) is 22.7 Å². The molecule has 0 bridgehead atoms. The first kappa shape index (κ1) is 21.7. The van der Waals surface area contributed by atoms with Gasteiger partial charge in [0, 0.05) is 42.0 Å². The lowest BCUT2D eigenvalue weighted by Crippen LogP contribution is -2.43. The zero-order chi connectivity index (χ0) is 23.2. The molecule has 5 rings (SSSR count). The van der Waals surface area contributed by atoms with Gasteiger partial charge >= 0.3 is 6.18 Å². The number of H-pyrrole nitrogens is 1. The van der Waals surface area contributed by atoms with Crippen molar-refractivity contribution in [2.24, 2.45) is 0 Å². The SMILES string of the molecule is Cc1nsc(-c2ccc3c(-c4nc(NC5CC[C@@H](C)NC5)ncc4C(F)(F)F)c[nH]c3n2)n1. The molecule has 1 unspecified atom stereocenters. The maximum absolute atomic E-state index is 13.8. The number of nitrogens with zero attached hydrogens (tertiary/aromatic N) is 5. The third-order valence-electron chi connectivity index (χ3n) is 5.63. The molecule has 8 nitrogen and oxygen atoms in total. The van der Waals surface area contributed by atoms with Crippen molar-refractivity contribution in [3.05, 3.63) is 35.9 Å². The Hall–Kier alpha value is -3.12. The van der Waals surface area contributed by atoms with E-state index in [0.717, 1.165) is 19.0 Å². The molecule has 4 aromatic heterocycles. The van der Waals surface area contributed by atoms with Crippen molar-refractivity contribution in [3.8, 4) is 22.0 Å². The molecule has 4 aromatic rings. The summed E-state index contributed by atoms with van der Waals surface area (Å²) in [5.41, 5.74) is 0.271. The number of hydrogen-bond donors (Lipinski definition) is 3. The predicted molar refractivity (Wildman–Crippen MR) is 120 cm³/mol. The minimum Gasteiger partial charge on any atom is -0.350 e. The number of aromatic amines is 1. The highest BCUT2D eigenvalue weighted by Gasteiger charge is 2.36. The van der Waals surface area contributed by atoms with Crippen molar-refractivity contribution < 1.29 is 13.2 Å². The van der Waals surface area contributed by atoms with Gasteiger partial charge in [0.15, 0.2) is 5.01 Å². The van der Waals surface area contributed by atoms with E-state index in [1.165, 1.54) is 17.7 Å². The fourth-order valence-corrected chi connectivity index (χ4v) is 4.53. The van der Waals surface area contributed by atoms with E-state index in [2.05, 4.69) is 46.9 Å². The molecule has 3 N–H and O–H groups in total. The lowest BCUT2D eigenvalue weighted by molar-refractivity contribution is -0.137. The first-order valence-electron chi connectivity index (χ1n) is 10.5. The topological polar surface area (TPSA) is 104 Å². The van der Waals surface area contributed by atoms with Crippen LogP contribution in [0.5, 0.6) is 0 Å². The number of aromatic nitrogens is 6. The molecule has 1 fully saturated rings. The van der Waals surface area contributed by atoms with Crippen molar-refractivity contribution in [2.45, 2.75) is 44.9 Å². The number of nitrogens with one attached hydrogen (secondary N) is 3. The Bertz CT molecular complexity index is 1290. The zero-order valence-corrected chi connectivity index (χ0v) is 18.7. The molecule has 2 atom stereocenters. The Kier molecular flexibility index (Phi) is 5.49. The number of halogens is 3. The van der Waals surface area contributed by atoms with Crippen LogP contribution in [0.1, 0.15) is 31.2 Å². The first-order chi connectivity index (χ1) is 15.8. The summed E-state index contributed by atoms with van der Waals surface area (Å²) in [7, 11) is 0. The van der Waals surface area contributed by atoms with Gasteiger partial charge in [0.25, 0.3) is 0 Å². The van der Waals surface area contributed by atoms with Gasteiger partial charge in [-0.3, -0.25) is 0 Å². The molecule has 1 saturated heterocycles. The third kappa shape index (κ3) is 4.40. The number of aryl methyl sites for hydroxylation is 1. The van der Waals surface area contributed by atoms with Crippen LogP contribution in [0, 0.1) is 6.92 Å². The largest absolute Gasteiger partial charge is 0.419 e. The molecule has 1 aliphatic heterocycles. The smallest absolute Gasteiger partial charge is 0.350 e. The molecular weight excluding hydrogens is 453 g/mol. The van der Waals surface area contributed by atoms with Gasteiger partial charge in [-0.25, -0.2) is 19.9 Å². The summed E-state index contributed by atoms with van der Waals surface area (Å²) in [6.45, 7) is 4.59. The fourth-order valence-electron chi connectivity index (χ4n) is 3.89. The molecule has 1 aliphatic rings. The molecule has 5 heterocycles. The highest BCUT2D eigenvalue weighted by Crippen LogP contribution is 2.39. The predicted octanol–water partition coefficient (Wildman–Crippen LogP) is 4.42. The van der Waals surface area contributed by atoms with E-state index in [-0.39, 0.29) is 17.7 Å². The first-order valence-corrected chi connectivity index (χ1v) is 11.3. The summed E-state index contributed by atoms with van der Waals surface area (Å²) in [6, 6.07) is 3.91. The number of hydrogen-bond acceptors (Lipinski definition) is 8. The molecule has 0 amide bonds. The molecule has 0 aromatic carbocycles. The van der Waals surface area contributed by atoms with E-state index >= 15 is 0 Å². The molecule has 33 heavy (non-hydrogen) atoms. The second-order valence-corrected chi connectivity index (χ2v) is 8.88. The van der Waals surface area contributed by atoms with Crippen LogP contribution >= 0.6 is 11.5 Å². The maximum Gasteiger partial charge on any atom is 0.419 e. The minimum atomic E-state index is -4.60. The highest BCUT2D eigenvalue weighted by atomic mass is 32.1. The highest BCUT2D eigenvalue weighted by molar-refractivity contribution is 7.09. The van der Waals surface area contributed by atoms with Gasteiger partial charge in [0.05, 0.1) is 5.69 Å². The van der Waals surface area contributed by atoms with Gasteiger partial charge in [-0.1, -0.05) is 0 Å². The fraction of sp³-hybridized carbons (Fsp3) is 0.381. The van der Waals surface area contributed by atoms with Crippen molar-refractivity contribution in [2.75, 3.05) is 11.9 Å². The standard InChI is InChI=1S/C21H21F3N8S/c1-10-3-4-12(7-25-10)29-20-27-9-15(21(22,23)24)17(31-20)14-8-26-18-13(14)5-6-16(30-18)19-28-11(2)32-33-19/h5-6,8-10,12,25H,3-4,7H2,1-2H3,(H,26,30)(H,27,29,31)/t10-,12?/m1/s1.